The zero-order chi connectivity index (χ0) is 17.5. The van der Waals surface area contributed by atoms with E-state index < -0.39 is 5.76 Å². The number of amides is 1. The van der Waals surface area contributed by atoms with Gasteiger partial charge in [-0.25, -0.2) is 4.98 Å². The van der Waals surface area contributed by atoms with E-state index in [0.717, 1.165) is 11.3 Å². The van der Waals surface area contributed by atoms with Crippen molar-refractivity contribution < 1.29 is 18.3 Å². The average Bonchev–Trinajstić information content (AvgIpc) is 2.54. The minimum absolute atomic E-state index is 0.0314. The van der Waals surface area contributed by atoms with Crippen molar-refractivity contribution in [3.8, 4) is 5.75 Å². The van der Waals surface area contributed by atoms with Gasteiger partial charge in [0, 0.05) is 13.2 Å². The number of thioether (sulfide) groups is 1. The van der Waals surface area contributed by atoms with Crippen LogP contribution in [0.25, 0.3) is 0 Å². The quantitative estimate of drug-likeness (QED) is 0.710. The Kier molecular flexibility index (Phi) is 6.54. The Labute approximate surface area is 143 Å². The molecule has 0 saturated heterocycles. The molecule has 0 saturated carbocycles. The van der Waals surface area contributed by atoms with Crippen LogP contribution in [0.3, 0.4) is 0 Å². The lowest BCUT2D eigenvalue weighted by Crippen LogP contribution is -2.31. The summed E-state index contributed by atoms with van der Waals surface area (Å²) in [5.74, 6) is -2.26. The number of benzene rings is 1. The van der Waals surface area contributed by atoms with Gasteiger partial charge in [0.15, 0.2) is 0 Å². The van der Waals surface area contributed by atoms with Gasteiger partial charge in [-0.05, 0) is 48.5 Å². The molecular weight excluding hydrogens is 334 g/mol. The molecule has 0 aliphatic heterocycles. The van der Waals surface area contributed by atoms with E-state index in [1.165, 1.54) is 17.2 Å². The van der Waals surface area contributed by atoms with Crippen LogP contribution in [0, 0.1) is 6.92 Å². The summed E-state index contributed by atoms with van der Waals surface area (Å²) in [5, 5.41) is 0.0314. The summed E-state index contributed by atoms with van der Waals surface area (Å²) in [6, 6.07) is 10.7. The lowest BCUT2D eigenvalue weighted by Gasteiger charge is -2.18. The first kappa shape index (κ1) is 18.2. The number of likely N-dealkylation sites (N-methyl/N-ethyl adjacent to an activating group) is 1. The van der Waals surface area contributed by atoms with E-state index in [1.54, 1.807) is 13.1 Å². The lowest BCUT2D eigenvalue weighted by molar-refractivity contribution is 0.0769. The standard InChI is InChI=1S/C17H18F2N2O2S/c1-12-5-3-6-13(11-12)23-10-9-21(2)16(22)14-7-4-8-20-15(14)24-17(18)19/h3-8,11,17H,9-10H2,1-2H3. The molecule has 24 heavy (non-hydrogen) atoms. The molecule has 4 nitrogen and oxygen atoms in total. The monoisotopic (exact) mass is 352 g/mol. The number of alkyl halides is 2. The van der Waals surface area contributed by atoms with Crippen molar-refractivity contribution in [2.75, 3.05) is 20.2 Å². The predicted octanol–water partition coefficient (Wildman–Crippen LogP) is 3.86. The fraction of sp³-hybridized carbons (Fsp3) is 0.294. The number of hydrogen-bond donors (Lipinski definition) is 0. The van der Waals surface area contributed by atoms with Crippen molar-refractivity contribution in [2.24, 2.45) is 0 Å². The maximum absolute atomic E-state index is 12.6. The minimum atomic E-state index is -2.62. The molecule has 0 spiro atoms. The van der Waals surface area contributed by atoms with Gasteiger partial charge in [-0.1, -0.05) is 12.1 Å². The van der Waals surface area contributed by atoms with Crippen LogP contribution in [0.2, 0.25) is 0 Å². The molecule has 1 aromatic carbocycles. The van der Waals surface area contributed by atoms with Gasteiger partial charge < -0.3 is 9.64 Å². The topological polar surface area (TPSA) is 42.4 Å². The van der Waals surface area contributed by atoms with E-state index in [0.29, 0.717) is 13.2 Å². The number of pyridine rings is 1. The third-order valence-corrected chi connectivity index (χ3v) is 3.96. The van der Waals surface area contributed by atoms with E-state index in [1.807, 2.05) is 31.2 Å². The second-order valence-corrected chi connectivity index (χ2v) is 6.11. The maximum Gasteiger partial charge on any atom is 0.290 e. The van der Waals surface area contributed by atoms with Crippen LogP contribution in [0.4, 0.5) is 8.78 Å². The second-order valence-electron chi connectivity index (χ2n) is 5.13. The van der Waals surface area contributed by atoms with Gasteiger partial charge in [-0.3, -0.25) is 4.79 Å². The highest BCUT2D eigenvalue weighted by Gasteiger charge is 2.19. The molecule has 0 fully saturated rings. The van der Waals surface area contributed by atoms with Crippen molar-refractivity contribution in [3.05, 3.63) is 53.7 Å². The third kappa shape index (κ3) is 5.19. The van der Waals surface area contributed by atoms with Crippen LogP contribution in [0.1, 0.15) is 15.9 Å². The summed E-state index contributed by atoms with van der Waals surface area (Å²) in [4.78, 5) is 17.7. The number of rotatable bonds is 7. The molecule has 0 N–H and O–H groups in total. The fourth-order valence-electron chi connectivity index (χ4n) is 2.04. The molecule has 0 unspecified atom stereocenters. The molecule has 0 aliphatic rings. The highest BCUT2D eigenvalue weighted by atomic mass is 32.2. The molecule has 0 radical (unpaired) electrons. The van der Waals surface area contributed by atoms with E-state index in [2.05, 4.69) is 4.98 Å². The Balaban J connectivity index is 1.95. The SMILES string of the molecule is Cc1cccc(OCCN(C)C(=O)c2cccnc2SC(F)F)c1. The van der Waals surface area contributed by atoms with Crippen molar-refractivity contribution in [1.29, 1.82) is 0 Å². The van der Waals surface area contributed by atoms with E-state index in [9.17, 15) is 13.6 Å². The normalized spacial score (nSPS) is 10.7. The van der Waals surface area contributed by atoms with E-state index >= 15 is 0 Å². The Hall–Kier alpha value is -2.15. The largest absolute Gasteiger partial charge is 0.492 e. The smallest absolute Gasteiger partial charge is 0.290 e. The fourth-order valence-corrected chi connectivity index (χ4v) is 2.62. The Bertz CT molecular complexity index is 698. The molecule has 1 amide bonds. The summed E-state index contributed by atoms with van der Waals surface area (Å²) in [6.45, 7) is 2.61. The molecule has 128 valence electrons. The Morgan fingerprint density at radius 2 is 2.12 bits per heavy atom. The summed E-state index contributed by atoms with van der Waals surface area (Å²) in [5.41, 5.74) is 1.25. The summed E-state index contributed by atoms with van der Waals surface area (Å²) < 4.78 is 30.7. The first-order valence-electron chi connectivity index (χ1n) is 7.32. The van der Waals surface area contributed by atoms with Crippen LogP contribution >= 0.6 is 11.8 Å². The Morgan fingerprint density at radius 1 is 1.33 bits per heavy atom. The van der Waals surface area contributed by atoms with Crippen LogP contribution in [-0.2, 0) is 0 Å². The molecule has 0 aliphatic carbocycles. The number of aromatic nitrogens is 1. The first-order chi connectivity index (χ1) is 11.5. The lowest BCUT2D eigenvalue weighted by atomic mass is 10.2. The van der Waals surface area contributed by atoms with Gasteiger partial charge in [0.05, 0.1) is 12.1 Å². The molecule has 2 rings (SSSR count). The molecule has 2 aromatic rings. The minimum Gasteiger partial charge on any atom is -0.492 e. The second kappa shape index (κ2) is 8.63. The molecule has 1 aromatic heterocycles. The van der Waals surface area contributed by atoms with Crippen molar-refractivity contribution in [3.63, 3.8) is 0 Å². The third-order valence-electron chi connectivity index (χ3n) is 3.23. The number of carbonyl (C=O) groups excluding carboxylic acids is 1. The molecule has 0 bridgehead atoms. The van der Waals surface area contributed by atoms with Crippen molar-refractivity contribution >= 4 is 17.7 Å². The predicted molar refractivity (Wildman–Crippen MR) is 89.7 cm³/mol. The van der Waals surface area contributed by atoms with E-state index in [4.69, 9.17) is 4.74 Å². The zero-order valence-corrected chi connectivity index (χ0v) is 14.2. The van der Waals surface area contributed by atoms with Gasteiger partial charge in [0.2, 0.25) is 0 Å². The van der Waals surface area contributed by atoms with Gasteiger partial charge in [0.1, 0.15) is 17.4 Å². The van der Waals surface area contributed by atoms with Crippen LogP contribution in [-0.4, -0.2) is 41.7 Å². The van der Waals surface area contributed by atoms with Crippen molar-refractivity contribution in [2.45, 2.75) is 17.7 Å². The first-order valence-corrected chi connectivity index (χ1v) is 8.20. The van der Waals surface area contributed by atoms with Crippen molar-refractivity contribution in [1.82, 2.24) is 9.88 Å². The summed E-state index contributed by atoms with van der Waals surface area (Å²) in [6.07, 6.45) is 1.39. The van der Waals surface area contributed by atoms with Gasteiger partial charge in [-0.2, -0.15) is 8.78 Å². The number of carbonyl (C=O) groups is 1. The number of nitrogens with zero attached hydrogens (tertiary/aromatic N) is 2. The summed E-state index contributed by atoms with van der Waals surface area (Å²) in [7, 11) is 1.60. The number of hydrogen-bond acceptors (Lipinski definition) is 4. The van der Waals surface area contributed by atoms with E-state index in [-0.39, 0.29) is 28.3 Å². The van der Waals surface area contributed by atoms with Gasteiger partial charge >= 0.3 is 0 Å². The number of halogens is 2. The molecular formula is C17H18F2N2O2S. The molecule has 7 heteroatoms. The maximum atomic E-state index is 12.6. The number of ether oxygens (including phenoxy) is 1. The zero-order valence-electron chi connectivity index (χ0n) is 13.4. The van der Waals surface area contributed by atoms with Crippen LogP contribution in [0.5, 0.6) is 5.75 Å². The highest BCUT2D eigenvalue weighted by Crippen LogP contribution is 2.26. The average molecular weight is 352 g/mol. The van der Waals surface area contributed by atoms with Crippen LogP contribution in [0.15, 0.2) is 47.6 Å². The van der Waals surface area contributed by atoms with Gasteiger partial charge in [-0.15, -0.1) is 0 Å². The van der Waals surface area contributed by atoms with Crippen LogP contribution < -0.4 is 4.74 Å². The summed E-state index contributed by atoms with van der Waals surface area (Å²) >= 11 is 0.270. The molecule has 1 heterocycles. The van der Waals surface area contributed by atoms with Gasteiger partial charge in [0.25, 0.3) is 11.7 Å². The highest BCUT2D eigenvalue weighted by molar-refractivity contribution is 7.99. The Morgan fingerprint density at radius 3 is 2.83 bits per heavy atom. The molecule has 0 atom stereocenters. The number of aryl methyl sites for hydroxylation is 1.